The molecule has 168 valence electrons. The van der Waals surface area contributed by atoms with Gasteiger partial charge in [0, 0.05) is 56.4 Å². The summed E-state index contributed by atoms with van der Waals surface area (Å²) >= 11 is 5.96. The largest absolute Gasteiger partial charge is 0.368 e. The molecule has 0 saturated carbocycles. The number of carbonyl (C=O) groups is 1. The van der Waals surface area contributed by atoms with Crippen LogP contribution in [0, 0.1) is 0 Å². The Balaban J connectivity index is 1.50. The maximum Gasteiger partial charge on any atom is 0.243 e. The predicted molar refractivity (Wildman–Crippen MR) is 125 cm³/mol. The fourth-order valence-electron chi connectivity index (χ4n) is 3.82. The third-order valence-corrected chi connectivity index (χ3v) is 8.03. The summed E-state index contributed by atoms with van der Waals surface area (Å²) in [6.45, 7) is 7.54. The molecule has 8 heteroatoms. The second kappa shape index (κ2) is 10.5. The highest BCUT2D eigenvalue weighted by molar-refractivity contribution is 7.89. The van der Waals surface area contributed by atoms with Crippen molar-refractivity contribution >= 4 is 33.2 Å². The first-order valence-corrected chi connectivity index (χ1v) is 12.5. The lowest BCUT2D eigenvalue weighted by molar-refractivity contribution is -0.131. The molecule has 1 saturated heterocycles. The lowest BCUT2D eigenvalue weighted by Crippen LogP contribution is -2.48. The summed E-state index contributed by atoms with van der Waals surface area (Å²) in [5, 5.41) is 0.719. The third-order valence-electron chi connectivity index (χ3n) is 5.72. The molecule has 2 aromatic rings. The zero-order chi connectivity index (χ0) is 22.4. The molecule has 31 heavy (non-hydrogen) atoms. The Morgan fingerprint density at radius 1 is 0.935 bits per heavy atom. The predicted octanol–water partition coefficient (Wildman–Crippen LogP) is 3.65. The number of hydrogen-bond acceptors (Lipinski definition) is 4. The molecule has 0 N–H and O–H groups in total. The van der Waals surface area contributed by atoms with Gasteiger partial charge < -0.3 is 9.80 Å². The Hall–Kier alpha value is -2.09. The van der Waals surface area contributed by atoms with E-state index in [-0.39, 0.29) is 5.91 Å². The Kier molecular flexibility index (Phi) is 7.97. The summed E-state index contributed by atoms with van der Waals surface area (Å²) < 4.78 is 26.6. The van der Waals surface area contributed by atoms with Gasteiger partial charge >= 0.3 is 0 Å². The molecule has 0 radical (unpaired) electrons. The fourth-order valence-corrected chi connectivity index (χ4v) is 5.40. The van der Waals surface area contributed by atoms with Crippen LogP contribution in [0.1, 0.15) is 25.8 Å². The van der Waals surface area contributed by atoms with Crippen LogP contribution in [0.2, 0.25) is 5.02 Å². The Bertz CT molecular complexity index is 966. The fraction of sp³-hybridized carbons (Fsp3) is 0.435. The summed E-state index contributed by atoms with van der Waals surface area (Å²) in [6.07, 6.45) is 1.02. The van der Waals surface area contributed by atoms with Gasteiger partial charge in [-0.3, -0.25) is 4.79 Å². The van der Waals surface area contributed by atoms with Crippen LogP contribution in [-0.4, -0.2) is 62.8 Å². The van der Waals surface area contributed by atoms with Gasteiger partial charge in [-0.25, -0.2) is 8.42 Å². The van der Waals surface area contributed by atoms with Crippen molar-refractivity contribution in [2.24, 2.45) is 0 Å². The lowest BCUT2D eigenvalue weighted by atomic mass is 10.1. The quantitative estimate of drug-likeness (QED) is 0.599. The minimum atomic E-state index is -3.45. The minimum Gasteiger partial charge on any atom is -0.368 e. The molecule has 6 nitrogen and oxygen atoms in total. The number of amides is 1. The van der Waals surface area contributed by atoms with Crippen LogP contribution in [0.25, 0.3) is 0 Å². The number of piperazine rings is 1. The van der Waals surface area contributed by atoms with Gasteiger partial charge in [-0.15, -0.1) is 0 Å². The molecule has 1 heterocycles. The SMILES string of the molecule is CCN(CC)S(=O)(=O)c1ccc(CCC(=O)N2CCN(c3ccc(Cl)cc3)CC2)cc1. The number of anilines is 1. The third kappa shape index (κ3) is 5.79. The molecule has 1 aliphatic heterocycles. The van der Waals surface area contributed by atoms with Gasteiger partial charge in [-0.1, -0.05) is 37.6 Å². The van der Waals surface area contributed by atoms with Gasteiger partial charge in [0.1, 0.15) is 0 Å². The van der Waals surface area contributed by atoms with E-state index in [4.69, 9.17) is 11.6 Å². The molecular weight excluding hydrogens is 434 g/mol. The molecular formula is C23H30ClN3O3S. The van der Waals surface area contributed by atoms with Gasteiger partial charge in [-0.05, 0) is 48.4 Å². The average molecular weight is 464 g/mol. The second-order valence-electron chi connectivity index (χ2n) is 7.58. The average Bonchev–Trinajstić information content (AvgIpc) is 2.79. The van der Waals surface area contributed by atoms with E-state index in [1.165, 1.54) is 4.31 Å². The number of sulfonamides is 1. The molecule has 0 bridgehead atoms. The Labute approximate surface area is 190 Å². The van der Waals surface area contributed by atoms with Crippen LogP contribution < -0.4 is 4.90 Å². The molecule has 1 fully saturated rings. The van der Waals surface area contributed by atoms with E-state index < -0.39 is 10.0 Å². The number of aryl methyl sites for hydroxylation is 1. The highest BCUT2D eigenvalue weighted by atomic mass is 35.5. The van der Waals surface area contributed by atoms with Gasteiger partial charge in [0.25, 0.3) is 0 Å². The van der Waals surface area contributed by atoms with E-state index in [0.29, 0.717) is 43.9 Å². The first kappa shape index (κ1) is 23.6. The standard InChI is InChI=1S/C23H30ClN3O3S/c1-3-27(4-2)31(29,30)22-12-5-19(6-13-22)7-14-23(28)26-17-15-25(16-18-26)21-10-8-20(24)9-11-21/h5-6,8-13H,3-4,7,14-18H2,1-2H3. The van der Waals surface area contributed by atoms with Crippen LogP contribution in [0.4, 0.5) is 5.69 Å². The molecule has 1 aliphatic rings. The van der Waals surface area contributed by atoms with Crippen LogP contribution in [0.3, 0.4) is 0 Å². The van der Waals surface area contributed by atoms with Gasteiger partial charge in [0.05, 0.1) is 4.90 Å². The monoisotopic (exact) mass is 463 g/mol. The summed E-state index contributed by atoms with van der Waals surface area (Å²) in [7, 11) is -3.45. The molecule has 0 aliphatic carbocycles. The topological polar surface area (TPSA) is 60.9 Å². The summed E-state index contributed by atoms with van der Waals surface area (Å²) in [5.41, 5.74) is 2.09. The lowest BCUT2D eigenvalue weighted by Gasteiger charge is -2.36. The van der Waals surface area contributed by atoms with Crippen molar-refractivity contribution in [3.05, 3.63) is 59.1 Å². The summed E-state index contributed by atoms with van der Waals surface area (Å²) in [4.78, 5) is 17.1. The highest BCUT2D eigenvalue weighted by Crippen LogP contribution is 2.20. The van der Waals surface area contributed by atoms with E-state index in [1.54, 1.807) is 12.1 Å². The van der Waals surface area contributed by atoms with E-state index in [1.807, 2.05) is 55.1 Å². The van der Waals surface area contributed by atoms with E-state index in [9.17, 15) is 13.2 Å². The summed E-state index contributed by atoms with van der Waals surface area (Å²) in [5.74, 6) is 0.135. The first-order valence-electron chi connectivity index (χ1n) is 10.7. The van der Waals surface area contributed by atoms with Gasteiger partial charge in [-0.2, -0.15) is 4.31 Å². The first-order chi connectivity index (χ1) is 14.8. The van der Waals surface area contributed by atoms with Crippen molar-refractivity contribution < 1.29 is 13.2 Å². The number of rotatable bonds is 8. The van der Waals surface area contributed by atoms with Crippen molar-refractivity contribution in [3.8, 4) is 0 Å². The Morgan fingerprint density at radius 3 is 2.06 bits per heavy atom. The van der Waals surface area contributed by atoms with Gasteiger partial charge in [0.15, 0.2) is 0 Å². The molecule has 0 atom stereocenters. The molecule has 0 unspecified atom stereocenters. The Morgan fingerprint density at radius 2 is 1.52 bits per heavy atom. The summed E-state index contributed by atoms with van der Waals surface area (Å²) in [6, 6.07) is 14.7. The van der Waals surface area contributed by atoms with Crippen LogP contribution in [0.5, 0.6) is 0 Å². The van der Waals surface area contributed by atoms with Crippen LogP contribution >= 0.6 is 11.6 Å². The minimum absolute atomic E-state index is 0.135. The van der Waals surface area contributed by atoms with Crippen molar-refractivity contribution in [2.45, 2.75) is 31.6 Å². The molecule has 0 spiro atoms. The van der Waals surface area contributed by atoms with Crippen molar-refractivity contribution in [3.63, 3.8) is 0 Å². The number of halogens is 1. The zero-order valence-electron chi connectivity index (χ0n) is 18.1. The number of hydrogen-bond donors (Lipinski definition) is 0. The number of carbonyl (C=O) groups excluding carboxylic acids is 1. The van der Waals surface area contributed by atoms with Crippen molar-refractivity contribution in [1.82, 2.24) is 9.21 Å². The van der Waals surface area contributed by atoms with Gasteiger partial charge in [0.2, 0.25) is 15.9 Å². The zero-order valence-corrected chi connectivity index (χ0v) is 19.7. The van der Waals surface area contributed by atoms with Crippen LogP contribution in [-0.2, 0) is 21.2 Å². The molecule has 3 rings (SSSR count). The molecule has 2 aromatic carbocycles. The maximum atomic E-state index is 12.6. The highest BCUT2D eigenvalue weighted by Gasteiger charge is 2.22. The van der Waals surface area contributed by atoms with E-state index >= 15 is 0 Å². The van der Waals surface area contributed by atoms with Crippen molar-refractivity contribution in [2.75, 3.05) is 44.2 Å². The van der Waals surface area contributed by atoms with Crippen molar-refractivity contribution in [1.29, 1.82) is 0 Å². The maximum absolute atomic E-state index is 12.6. The van der Waals surface area contributed by atoms with E-state index in [0.717, 1.165) is 29.4 Å². The number of benzene rings is 2. The van der Waals surface area contributed by atoms with Crippen LogP contribution in [0.15, 0.2) is 53.4 Å². The second-order valence-corrected chi connectivity index (χ2v) is 9.95. The number of nitrogens with zero attached hydrogens (tertiary/aromatic N) is 3. The molecule has 0 aromatic heterocycles. The van der Waals surface area contributed by atoms with E-state index in [2.05, 4.69) is 4.90 Å². The normalized spacial score (nSPS) is 14.8. The molecule has 1 amide bonds. The smallest absolute Gasteiger partial charge is 0.243 e.